The highest BCUT2D eigenvalue weighted by Crippen LogP contribution is 2.00. The Morgan fingerprint density at radius 1 is 1.75 bits per heavy atom. The molecule has 0 aromatic carbocycles. The third kappa shape index (κ3) is 3.02. The predicted molar refractivity (Wildman–Crippen MR) is 44.6 cm³/mol. The van der Waals surface area contributed by atoms with Crippen LogP contribution in [0.5, 0.6) is 0 Å². The van der Waals surface area contributed by atoms with Gasteiger partial charge in [-0.2, -0.15) is 0 Å². The molecule has 68 valence electrons. The van der Waals surface area contributed by atoms with Crippen molar-refractivity contribution in [2.24, 2.45) is 0 Å². The van der Waals surface area contributed by atoms with Crippen LogP contribution in [0.4, 0.5) is 0 Å². The van der Waals surface area contributed by atoms with Gasteiger partial charge >= 0.3 is 0 Å². The fourth-order valence-electron chi connectivity index (χ4n) is 0.904. The predicted octanol–water partition coefficient (Wildman–Crippen LogP) is 0.453. The summed E-state index contributed by atoms with van der Waals surface area (Å²) in [7, 11) is 0. The van der Waals surface area contributed by atoms with Crippen LogP contribution >= 0.6 is 0 Å². The molecule has 0 fully saturated rings. The minimum Gasteiger partial charge on any atom is -0.392 e. The van der Waals surface area contributed by atoms with Crippen LogP contribution in [0, 0.1) is 6.92 Å². The second kappa shape index (κ2) is 4.23. The molecule has 1 atom stereocenters. The van der Waals surface area contributed by atoms with E-state index in [1.54, 1.807) is 6.92 Å². The zero-order valence-electron chi connectivity index (χ0n) is 7.37. The van der Waals surface area contributed by atoms with Crippen molar-refractivity contribution in [3.8, 4) is 0 Å². The Hall–Kier alpha value is -0.870. The number of aryl methyl sites for hydroxylation is 1. The van der Waals surface area contributed by atoms with Crippen LogP contribution in [0.2, 0.25) is 0 Å². The molecule has 0 aliphatic carbocycles. The number of aliphatic hydroxyl groups excluding tert-OH is 1. The first-order valence-corrected chi connectivity index (χ1v) is 3.99. The molecule has 0 radical (unpaired) electrons. The van der Waals surface area contributed by atoms with Gasteiger partial charge in [-0.15, -0.1) is 0 Å². The summed E-state index contributed by atoms with van der Waals surface area (Å²) in [4.78, 5) is 0. The second-order valence-corrected chi connectivity index (χ2v) is 2.91. The molecule has 1 aromatic heterocycles. The Morgan fingerprint density at radius 3 is 3.00 bits per heavy atom. The third-order valence-corrected chi connectivity index (χ3v) is 1.42. The van der Waals surface area contributed by atoms with E-state index in [1.165, 1.54) is 0 Å². The lowest BCUT2D eigenvalue weighted by molar-refractivity contribution is 0.189. The van der Waals surface area contributed by atoms with Crippen LogP contribution in [-0.4, -0.2) is 22.9 Å². The van der Waals surface area contributed by atoms with E-state index in [9.17, 15) is 0 Å². The van der Waals surface area contributed by atoms with Crippen molar-refractivity contribution in [2.45, 2.75) is 26.5 Å². The highest BCUT2D eigenvalue weighted by atomic mass is 16.5. The Morgan fingerprint density at radius 2 is 2.50 bits per heavy atom. The minimum absolute atomic E-state index is 0.325. The van der Waals surface area contributed by atoms with E-state index < -0.39 is 0 Å². The van der Waals surface area contributed by atoms with Gasteiger partial charge in [-0.25, -0.2) is 0 Å². The van der Waals surface area contributed by atoms with E-state index in [2.05, 4.69) is 10.5 Å². The highest BCUT2D eigenvalue weighted by molar-refractivity contribution is 5.02. The first kappa shape index (κ1) is 9.22. The summed E-state index contributed by atoms with van der Waals surface area (Å²) in [6, 6.07) is 1.87. The molecule has 0 amide bonds. The van der Waals surface area contributed by atoms with E-state index in [4.69, 9.17) is 9.63 Å². The zero-order chi connectivity index (χ0) is 8.97. The number of aromatic nitrogens is 1. The fraction of sp³-hybridized carbons (Fsp3) is 0.625. The Kier molecular flexibility index (Phi) is 3.25. The second-order valence-electron chi connectivity index (χ2n) is 2.91. The van der Waals surface area contributed by atoms with Crippen molar-refractivity contribution in [2.75, 3.05) is 6.54 Å². The smallest absolute Gasteiger partial charge is 0.150 e. The molecule has 2 N–H and O–H groups in total. The summed E-state index contributed by atoms with van der Waals surface area (Å²) >= 11 is 0. The summed E-state index contributed by atoms with van der Waals surface area (Å²) in [6.45, 7) is 4.80. The van der Waals surface area contributed by atoms with Crippen molar-refractivity contribution in [1.29, 1.82) is 0 Å². The summed E-state index contributed by atoms with van der Waals surface area (Å²) in [5.74, 6) is 0.799. The van der Waals surface area contributed by atoms with E-state index in [-0.39, 0.29) is 6.10 Å². The molecule has 0 saturated carbocycles. The van der Waals surface area contributed by atoms with Crippen molar-refractivity contribution in [3.05, 3.63) is 17.5 Å². The number of aliphatic hydroxyl groups is 1. The standard InChI is InChI=1S/C8H14N2O2/c1-6-3-8(12-10-6)5-9-4-7(2)11/h3,7,9,11H,4-5H2,1-2H3/t7-/m1/s1. The van der Waals surface area contributed by atoms with Crippen LogP contribution in [0.1, 0.15) is 18.4 Å². The van der Waals surface area contributed by atoms with E-state index in [0.29, 0.717) is 13.1 Å². The molecular weight excluding hydrogens is 156 g/mol. The van der Waals surface area contributed by atoms with E-state index in [1.807, 2.05) is 13.0 Å². The molecule has 0 aliphatic heterocycles. The molecule has 1 heterocycles. The Balaban J connectivity index is 2.24. The molecule has 0 bridgehead atoms. The van der Waals surface area contributed by atoms with Gasteiger partial charge in [-0.3, -0.25) is 0 Å². The molecular formula is C8H14N2O2. The number of hydrogen-bond acceptors (Lipinski definition) is 4. The number of nitrogens with one attached hydrogen (secondary N) is 1. The van der Waals surface area contributed by atoms with Crippen LogP contribution in [0.25, 0.3) is 0 Å². The first-order valence-electron chi connectivity index (χ1n) is 3.99. The van der Waals surface area contributed by atoms with Crippen molar-refractivity contribution in [3.63, 3.8) is 0 Å². The van der Waals surface area contributed by atoms with E-state index in [0.717, 1.165) is 11.5 Å². The van der Waals surface area contributed by atoms with E-state index >= 15 is 0 Å². The molecule has 1 aromatic rings. The zero-order valence-corrected chi connectivity index (χ0v) is 7.37. The fourth-order valence-corrected chi connectivity index (χ4v) is 0.904. The summed E-state index contributed by atoms with van der Waals surface area (Å²) in [5, 5.41) is 15.7. The Bertz CT molecular complexity index is 233. The van der Waals surface area contributed by atoms with Gasteiger partial charge < -0.3 is 14.9 Å². The number of rotatable bonds is 4. The average molecular weight is 170 g/mol. The van der Waals surface area contributed by atoms with Crippen LogP contribution in [0.15, 0.2) is 10.6 Å². The normalized spacial score (nSPS) is 13.2. The topological polar surface area (TPSA) is 58.3 Å². The van der Waals surface area contributed by atoms with Gasteiger partial charge in [0.2, 0.25) is 0 Å². The molecule has 0 aliphatic rings. The maximum atomic E-state index is 8.93. The molecule has 4 nitrogen and oxygen atoms in total. The quantitative estimate of drug-likeness (QED) is 0.689. The van der Waals surface area contributed by atoms with Crippen molar-refractivity contribution < 1.29 is 9.63 Å². The minimum atomic E-state index is -0.325. The van der Waals surface area contributed by atoms with Gasteiger partial charge in [-0.1, -0.05) is 5.16 Å². The lowest BCUT2D eigenvalue weighted by atomic mass is 10.3. The van der Waals surface area contributed by atoms with Gasteiger partial charge in [-0.05, 0) is 13.8 Å². The maximum absolute atomic E-state index is 8.93. The van der Waals surface area contributed by atoms with Crippen molar-refractivity contribution in [1.82, 2.24) is 10.5 Å². The highest BCUT2D eigenvalue weighted by Gasteiger charge is 2.00. The molecule has 4 heteroatoms. The third-order valence-electron chi connectivity index (χ3n) is 1.42. The van der Waals surface area contributed by atoms with Gasteiger partial charge in [0.05, 0.1) is 18.3 Å². The summed E-state index contributed by atoms with van der Waals surface area (Å²) in [6.07, 6.45) is -0.325. The first-order chi connectivity index (χ1) is 5.68. The Labute approximate surface area is 71.6 Å². The maximum Gasteiger partial charge on any atom is 0.150 e. The van der Waals surface area contributed by atoms with Gasteiger partial charge in [0, 0.05) is 12.6 Å². The number of hydrogen-bond donors (Lipinski definition) is 2. The summed E-state index contributed by atoms with van der Waals surface area (Å²) in [5.41, 5.74) is 0.879. The molecule has 0 spiro atoms. The van der Waals surface area contributed by atoms with Crippen LogP contribution in [0.3, 0.4) is 0 Å². The lowest BCUT2D eigenvalue weighted by Crippen LogP contribution is -2.23. The summed E-state index contributed by atoms with van der Waals surface area (Å²) < 4.78 is 4.95. The lowest BCUT2D eigenvalue weighted by Gasteiger charge is -2.03. The van der Waals surface area contributed by atoms with Gasteiger partial charge in [0.1, 0.15) is 0 Å². The van der Waals surface area contributed by atoms with Crippen LogP contribution < -0.4 is 5.32 Å². The molecule has 0 saturated heterocycles. The molecule has 1 rings (SSSR count). The largest absolute Gasteiger partial charge is 0.392 e. The average Bonchev–Trinajstić information content (AvgIpc) is 2.35. The van der Waals surface area contributed by atoms with Gasteiger partial charge in [0.15, 0.2) is 5.76 Å². The monoisotopic (exact) mass is 170 g/mol. The molecule has 0 unspecified atom stereocenters. The number of nitrogens with zero attached hydrogens (tertiary/aromatic N) is 1. The van der Waals surface area contributed by atoms with Crippen molar-refractivity contribution >= 4 is 0 Å². The SMILES string of the molecule is Cc1cc(CNC[C@@H](C)O)on1. The van der Waals surface area contributed by atoms with Crippen LogP contribution in [-0.2, 0) is 6.54 Å². The van der Waals surface area contributed by atoms with Gasteiger partial charge in [0.25, 0.3) is 0 Å². The molecule has 12 heavy (non-hydrogen) atoms.